The number of nitrogens with zero attached hydrogens (tertiary/aromatic N) is 2. The van der Waals surface area contributed by atoms with E-state index in [0.717, 1.165) is 17.7 Å². The second-order valence-electron chi connectivity index (χ2n) is 4.06. The van der Waals surface area contributed by atoms with Gasteiger partial charge in [0.05, 0.1) is 0 Å². The molecule has 0 radical (unpaired) electrons. The molecular weight excluding hydrogens is 234 g/mol. The topological polar surface area (TPSA) is 51.8 Å². The van der Waals surface area contributed by atoms with Gasteiger partial charge in [-0.2, -0.15) is 0 Å². The van der Waals surface area contributed by atoms with Crippen LogP contribution in [0.2, 0.25) is 5.02 Å². The Kier molecular flexibility index (Phi) is 3.71. The molecule has 3 nitrogen and oxygen atoms in total. The average molecular weight is 248 g/mol. The predicted molar refractivity (Wildman–Crippen MR) is 69.8 cm³/mol. The predicted octanol–water partition coefficient (Wildman–Crippen LogP) is 2.69. The maximum atomic E-state index is 5.84. The van der Waals surface area contributed by atoms with Gasteiger partial charge in [-0.3, -0.25) is 0 Å². The minimum Gasteiger partial charge on any atom is -0.328 e. The highest BCUT2D eigenvalue weighted by molar-refractivity contribution is 6.30. The van der Waals surface area contributed by atoms with Gasteiger partial charge in [-0.15, -0.1) is 0 Å². The molecule has 1 aromatic carbocycles. The Hall–Kier alpha value is -1.45. The fourth-order valence-electron chi connectivity index (χ4n) is 1.58. The van der Waals surface area contributed by atoms with Gasteiger partial charge in [0.15, 0.2) is 5.82 Å². The molecule has 1 heterocycles. The smallest absolute Gasteiger partial charge is 0.159 e. The second-order valence-corrected chi connectivity index (χ2v) is 4.50. The van der Waals surface area contributed by atoms with Crippen LogP contribution in [-0.2, 0) is 6.42 Å². The molecule has 0 spiro atoms. The highest BCUT2D eigenvalue weighted by atomic mass is 35.5. The summed E-state index contributed by atoms with van der Waals surface area (Å²) < 4.78 is 0. The molecule has 1 atom stereocenters. The van der Waals surface area contributed by atoms with Crippen molar-refractivity contribution in [1.29, 1.82) is 0 Å². The number of benzene rings is 1. The van der Waals surface area contributed by atoms with E-state index in [4.69, 9.17) is 17.3 Å². The summed E-state index contributed by atoms with van der Waals surface area (Å²) in [5.41, 5.74) is 7.67. The van der Waals surface area contributed by atoms with Gasteiger partial charge in [0.25, 0.3) is 0 Å². The minimum absolute atomic E-state index is 0.1000. The summed E-state index contributed by atoms with van der Waals surface area (Å²) in [6, 6.07) is 9.48. The maximum absolute atomic E-state index is 5.84. The SMILES string of the molecule is CC(N)Cc1ccnc(-c2ccc(Cl)cc2)n1. The lowest BCUT2D eigenvalue weighted by atomic mass is 10.1. The molecule has 0 bridgehead atoms. The van der Waals surface area contributed by atoms with Gasteiger partial charge in [0, 0.05) is 34.9 Å². The molecule has 17 heavy (non-hydrogen) atoms. The molecule has 88 valence electrons. The standard InChI is InChI=1S/C13H14ClN3/c1-9(15)8-12-6-7-16-13(17-12)10-2-4-11(14)5-3-10/h2-7,9H,8,15H2,1H3. The Morgan fingerprint density at radius 2 is 1.94 bits per heavy atom. The highest BCUT2D eigenvalue weighted by Crippen LogP contribution is 2.18. The monoisotopic (exact) mass is 247 g/mol. The Morgan fingerprint density at radius 3 is 2.59 bits per heavy atom. The van der Waals surface area contributed by atoms with Crippen LogP contribution in [0.15, 0.2) is 36.5 Å². The first kappa shape index (κ1) is 12.0. The van der Waals surface area contributed by atoms with Crippen molar-refractivity contribution < 1.29 is 0 Å². The van der Waals surface area contributed by atoms with E-state index < -0.39 is 0 Å². The van der Waals surface area contributed by atoms with Gasteiger partial charge in [0.1, 0.15) is 0 Å². The average Bonchev–Trinajstić information content (AvgIpc) is 2.29. The first-order chi connectivity index (χ1) is 8.15. The fourth-order valence-corrected chi connectivity index (χ4v) is 1.70. The third-order valence-corrected chi connectivity index (χ3v) is 2.60. The molecule has 2 N–H and O–H groups in total. The molecule has 2 rings (SSSR count). The van der Waals surface area contributed by atoms with Crippen molar-refractivity contribution in [3.05, 3.63) is 47.2 Å². The zero-order valence-corrected chi connectivity index (χ0v) is 10.4. The van der Waals surface area contributed by atoms with Gasteiger partial charge >= 0.3 is 0 Å². The summed E-state index contributed by atoms with van der Waals surface area (Å²) in [6.45, 7) is 1.96. The number of rotatable bonds is 3. The van der Waals surface area contributed by atoms with Crippen LogP contribution in [0.1, 0.15) is 12.6 Å². The lowest BCUT2D eigenvalue weighted by molar-refractivity contribution is 0.720. The van der Waals surface area contributed by atoms with Gasteiger partial charge in [-0.25, -0.2) is 9.97 Å². The van der Waals surface area contributed by atoms with Gasteiger partial charge in [-0.05, 0) is 37.3 Å². The van der Waals surface area contributed by atoms with Crippen LogP contribution in [0.3, 0.4) is 0 Å². The van der Waals surface area contributed by atoms with Crippen LogP contribution in [0.25, 0.3) is 11.4 Å². The van der Waals surface area contributed by atoms with E-state index in [-0.39, 0.29) is 6.04 Å². The van der Waals surface area contributed by atoms with Crippen molar-refractivity contribution >= 4 is 11.6 Å². The number of hydrogen-bond donors (Lipinski definition) is 1. The molecular formula is C13H14ClN3. The van der Waals surface area contributed by atoms with Crippen LogP contribution < -0.4 is 5.73 Å². The van der Waals surface area contributed by atoms with Gasteiger partial charge < -0.3 is 5.73 Å². The van der Waals surface area contributed by atoms with E-state index in [2.05, 4.69) is 9.97 Å². The summed E-state index contributed by atoms with van der Waals surface area (Å²) in [6.07, 6.45) is 2.51. The number of hydrogen-bond acceptors (Lipinski definition) is 3. The molecule has 0 aliphatic heterocycles. The van der Waals surface area contributed by atoms with Gasteiger partial charge in [-0.1, -0.05) is 11.6 Å². The first-order valence-corrected chi connectivity index (χ1v) is 5.86. The van der Waals surface area contributed by atoms with Crippen molar-refractivity contribution in [2.45, 2.75) is 19.4 Å². The molecule has 4 heteroatoms. The molecule has 0 fully saturated rings. The van der Waals surface area contributed by atoms with Crippen LogP contribution >= 0.6 is 11.6 Å². The first-order valence-electron chi connectivity index (χ1n) is 5.48. The van der Waals surface area contributed by atoms with Crippen molar-refractivity contribution in [2.24, 2.45) is 5.73 Å². The number of aromatic nitrogens is 2. The molecule has 0 saturated carbocycles. The normalized spacial score (nSPS) is 12.4. The van der Waals surface area contributed by atoms with Crippen molar-refractivity contribution in [3.8, 4) is 11.4 Å². The third-order valence-electron chi connectivity index (χ3n) is 2.35. The Morgan fingerprint density at radius 1 is 1.24 bits per heavy atom. The van der Waals surface area contributed by atoms with Gasteiger partial charge in [0.2, 0.25) is 0 Å². The molecule has 0 aliphatic rings. The molecule has 1 aromatic heterocycles. The zero-order valence-electron chi connectivity index (χ0n) is 9.60. The summed E-state index contributed by atoms with van der Waals surface area (Å²) in [5, 5.41) is 0.709. The Balaban J connectivity index is 2.29. The lowest BCUT2D eigenvalue weighted by Gasteiger charge is -2.06. The maximum Gasteiger partial charge on any atom is 0.159 e. The van der Waals surface area contributed by atoms with Crippen LogP contribution in [-0.4, -0.2) is 16.0 Å². The van der Waals surface area contributed by atoms with Crippen LogP contribution in [0, 0.1) is 0 Å². The van der Waals surface area contributed by atoms with E-state index in [1.54, 1.807) is 6.20 Å². The number of halogens is 1. The van der Waals surface area contributed by atoms with Crippen molar-refractivity contribution in [3.63, 3.8) is 0 Å². The number of nitrogens with two attached hydrogens (primary N) is 1. The summed E-state index contributed by atoms with van der Waals surface area (Å²) >= 11 is 5.84. The largest absolute Gasteiger partial charge is 0.328 e. The third kappa shape index (κ3) is 3.25. The van der Waals surface area contributed by atoms with E-state index in [1.165, 1.54) is 0 Å². The Bertz CT molecular complexity index is 494. The zero-order chi connectivity index (χ0) is 12.3. The summed E-state index contributed by atoms with van der Waals surface area (Å²) in [7, 11) is 0. The quantitative estimate of drug-likeness (QED) is 0.907. The van der Waals surface area contributed by atoms with E-state index in [0.29, 0.717) is 10.8 Å². The molecule has 1 unspecified atom stereocenters. The lowest BCUT2D eigenvalue weighted by Crippen LogP contribution is -2.18. The van der Waals surface area contributed by atoms with Crippen molar-refractivity contribution in [1.82, 2.24) is 9.97 Å². The van der Waals surface area contributed by atoms with Crippen molar-refractivity contribution in [2.75, 3.05) is 0 Å². The summed E-state index contributed by atoms with van der Waals surface area (Å²) in [5.74, 6) is 0.708. The second kappa shape index (κ2) is 5.25. The van der Waals surface area contributed by atoms with E-state index in [9.17, 15) is 0 Å². The minimum atomic E-state index is 0.1000. The van der Waals surface area contributed by atoms with E-state index in [1.807, 2.05) is 37.3 Å². The molecule has 0 aliphatic carbocycles. The molecule has 0 saturated heterocycles. The van der Waals surface area contributed by atoms with Crippen LogP contribution in [0.4, 0.5) is 0 Å². The molecule has 0 amide bonds. The highest BCUT2D eigenvalue weighted by Gasteiger charge is 2.04. The summed E-state index contributed by atoms with van der Waals surface area (Å²) in [4.78, 5) is 8.73. The molecule has 2 aromatic rings. The van der Waals surface area contributed by atoms with Crippen LogP contribution in [0.5, 0.6) is 0 Å². The van der Waals surface area contributed by atoms with E-state index >= 15 is 0 Å². The Labute approximate surface area is 106 Å². The fraction of sp³-hybridized carbons (Fsp3) is 0.231.